The molecule has 0 fully saturated rings. The smallest absolute Gasteiger partial charge is 0.259 e. The van der Waals surface area contributed by atoms with Gasteiger partial charge in [0.2, 0.25) is 0 Å². The van der Waals surface area contributed by atoms with E-state index in [1.807, 2.05) is 78.9 Å². The van der Waals surface area contributed by atoms with E-state index < -0.39 is 11.7 Å². The third kappa shape index (κ3) is 5.99. The molecular formula is C29H28FIN4O3. The fraction of sp³-hybridized carbons (Fsp3) is 0.172. The highest BCUT2D eigenvalue weighted by Gasteiger charge is 2.23. The Kier molecular flexibility index (Phi) is 8.35. The van der Waals surface area contributed by atoms with Crippen LogP contribution in [0.5, 0.6) is 17.2 Å². The number of carbonyl (C=O) groups is 1. The van der Waals surface area contributed by atoms with Crippen molar-refractivity contribution in [3.8, 4) is 17.2 Å². The molecule has 1 heterocycles. The van der Waals surface area contributed by atoms with Crippen LogP contribution in [0.25, 0.3) is 0 Å². The van der Waals surface area contributed by atoms with Gasteiger partial charge in [0.05, 0.1) is 12.8 Å². The standard InChI is InChI=1S/C29H28FIN4O3/c1-17-6-5-7-24(18(17)2)38-25-15-26(32)35(3)28(34-23-13-10-20(31)14-22(23)30)27(25)29(36)33-16-19-8-11-21(37-4)12-9-19/h5-15,32,34H,16H2,1-4H3,(H,33,36). The number of anilines is 2. The molecule has 0 unspecified atom stereocenters. The average Bonchev–Trinajstić information content (AvgIpc) is 2.90. The van der Waals surface area contributed by atoms with E-state index in [0.29, 0.717) is 11.5 Å². The van der Waals surface area contributed by atoms with E-state index in [0.717, 1.165) is 20.3 Å². The lowest BCUT2D eigenvalue weighted by Gasteiger charge is -2.21. The van der Waals surface area contributed by atoms with Crippen LogP contribution in [0.15, 0.2) is 66.7 Å². The van der Waals surface area contributed by atoms with Crippen molar-refractivity contribution in [1.82, 2.24) is 9.88 Å². The number of nitrogens with one attached hydrogen (secondary N) is 3. The van der Waals surface area contributed by atoms with Crippen molar-refractivity contribution < 1.29 is 18.7 Å². The first kappa shape index (κ1) is 27.2. The van der Waals surface area contributed by atoms with Crippen molar-refractivity contribution in [2.24, 2.45) is 7.05 Å². The first-order chi connectivity index (χ1) is 18.2. The Morgan fingerprint density at radius 3 is 2.47 bits per heavy atom. The highest BCUT2D eigenvalue weighted by atomic mass is 127. The maximum atomic E-state index is 14.8. The Bertz CT molecular complexity index is 1550. The Morgan fingerprint density at radius 1 is 1.05 bits per heavy atom. The molecule has 0 aliphatic rings. The number of hydrogen-bond donors (Lipinski definition) is 3. The molecule has 3 aromatic carbocycles. The van der Waals surface area contributed by atoms with Gasteiger partial charge in [0, 0.05) is 23.2 Å². The van der Waals surface area contributed by atoms with Gasteiger partial charge in [-0.1, -0.05) is 24.3 Å². The Morgan fingerprint density at radius 2 is 1.79 bits per heavy atom. The molecule has 0 atom stereocenters. The van der Waals surface area contributed by atoms with E-state index >= 15 is 0 Å². The Labute approximate surface area is 234 Å². The minimum atomic E-state index is -0.478. The molecule has 1 amide bonds. The summed E-state index contributed by atoms with van der Waals surface area (Å²) in [6, 6.07) is 19.2. The van der Waals surface area contributed by atoms with Crippen molar-refractivity contribution in [2.75, 3.05) is 12.4 Å². The van der Waals surface area contributed by atoms with Gasteiger partial charge in [-0.2, -0.15) is 0 Å². The average molecular weight is 626 g/mol. The summed E-state index contributed by atoms with van der Waals surface area (Å²) in [4.78, 5) is 13.7. The zero-order valence-corrected chi connectivity index (χ0v) is 23.6. The van der Waals surface area contributed by atoms with E-state index in [-0.39, 0.29) is 34.9 Å². The summed E-state index contributed by atoms with van der Waals surface area (Å²) in [7, 11) is 3.23. The van der Waals surface area contributed by atoms with E-state index in [4.69, 9.17) is 14.9 Å². The van der Waals surface area contributed by atoms with Crippen LogP contribution in [-0.2, 0) is 13.6 Å². The van der Waals surface area contributed by atoms with Crippen LogP contribution < -0.4 is 25.6 Å². The van der Waals surface area contributed by atoms with Gasteiger partial charge in [-0.15, -0.1) is 0 Å². The number of amides is 1. The van der Waals surface area contributed by atoms with Gasteiger partial charge in [-0.05, 0) is 89.5 Å². The topological polar surface area (TPSA) is 88.4 Å². The molecule has 0 aliphatic carbocycles. The Hall–Kier alpha value is -3.86. The molecule has 0 aliphatic heterocycles. The number of carbonyl (C=O) groups excluding carboxylic acids is 1. The second-order valence-corrected chi connectivity index (χ2v) is 10.0. The molecule has 1 aromatic heterocycles. The minimum absolute atomic E-state index is 0.0745. The van der Waals surface area contributed by atoms with Crippen LogP contribution >= 0.6 is 22.6 Å². The van der Waals surface area contributed by atoms with Crippen molar-refractivity contribution >= 4 is 40.0 Å². The van der Waals surface area contributed by atoms with Crippen LogP contribution in [-0.4, -0.2) is 17.6 Å². The molecule has 0 bridgehead atoms. The third-order valence-electron chi connectivity index (χ3n) is 6.25. The molecule has 4 aromatic rings. The van der Waals surface area contributed by atoms with Crippen molar-refractivity contribution in [3.63, 3.8) is 0 Å². The number of aromatic nitrogens is 1. The Balaban J connectivity index is 1.79. The zero-order valence-electron chi connectivity index (χ0n) is 21.5. The summed E-state index contributed by atoms with van der Waals surface area (Å²) < 4.78 is 28.5. The number of halogens is 2. The highest BCUT2D eigenvalue weighted by molar-refractivity contribution is 14.1. The maximum absolute atomic E-state index is 14.8. The lowest BCUT2D eigenvalue weighted by atomic mass is 10.1. The number of rotatable bonds is 8. The van der Waals surface area contributed by atoms with Crippen molar-refractivity contribution in [2.45, 2.75) is 20.4 Å². The predicted octanol–water partition coefficient (Wildman–Crippen LogP) is 6.34. The fourth-order valence-electron chi connectivity index (χ4n) is 3.83. The normalized spacial score (nSPS) is 10.7. The number of nitrogens with zero attached hydrogens (tertiary/aromatic N) is 1. The molecule has 0 saturated carbocycles. The number of ether oxygens (including phenoxy) is 2. The number of benzene rings is 3. The molecular weight excluding hydrogens is 598 g/mol. The van der Waals surface area contributed by atoms with E-state index in [2.05, 4.69) is 10.6 Å². The number of hydrogen-bond acceptors (Lipinski definition) is 5. The summed E-state index contributed by atoms with van der Waals surface area (Å²) in [5, 5.41) is 14.5. The molecule has 196 valence electrons. The highest BCUT2D eigenvalue weighted by Crippen LogP contribution is 2.33. The first-order valence-corrected chi connectivity index (χ1v) is 12.9. The van der Waals surface area contributed by atoms with Gasteiger partial charge >= 0.3 is 0 Å². The lowest BCUT2D eigenvalue weighted by Crippen LogP contribution is -2.29. The van der Waals surface area contributed by atoms with Gasteiger partial charge in [-0.3, -0.25) is 10.2 Å². The van der Waals surface area contributed by atoms with Gasteiger partial charge in [0.15, 0.2) is 0 Å². The van der Waals surface area contributed by atoms with Crippen LogP contribution in [0, 0.1) is 28.6 Å². The first-order valence-electron chi connectivity index (χ1n) is 11.8. The molecule has 7 nitrogen and oxygen atoms in total. The summed E-state index contributed by atoms with van der Waals surface area (Å²) >= 11 is 2.03. The van der Waals surface area contributed by atoms with Gasteiger partial charge in [-0.25, -0.2) is 4.39 Å². The second kappa shape index (κ2) is 11.7. The SMILES string of the molecule is COc1ccc(CNC(=O)c2c(Oc3cccc(C)c3C)cc(=N)n(C)c2Nc2ccc(I)cc2F)cc1. The van der Waals surface area contributed by atoms with Crippen LogP contribution in [0.1, 0.15) is 27.0 Å². The van der Waals surface area contributed by atoms with Crippen molar-refractivity contribution in [3.05, 3.63) is 104 Å². The second-order valence-electron chi connectivity index (χ2n) is 8.76. The van der Waals surface area contributed by atoms with Crippen molar-refractivity contribution in [1.29, 1.82) is 5.41 Å². The molecule has 3 N–H and O–H groups in total. The summed E-state index contributed by atoms with van der Waals surface area (Å²) in [6.45, 7) is 4.15. The number of methoxy groups -OCH3 is 1. The molecule has 0 radical (unpaired) electrons. The third-order valence-corrected chi connectivity index (χ3v) is 6.92. The molecule has 9 heteroatoms. The zero-order chi connectivity index (χ0) is 27.4. The van der Waals surface area contributed by atoms with E-state index in [1.54, 1.807) is 26.3 Å². The lowest BCUT2D eigenvalue weighted by molar-refractivity contribution is 0.0948. The van der Waals surface area contributed by atoms with E-state index in [9.17, 15) is 9.18 Å². The van der Waals surface area contributed by atoms with Crippen LogP contribution in [0.3, 0.4) is 0 Å². The molecule has 0 saturated heterocycles. The summed E-state index contributed by atoms with van der Waals surface area (Å²) in [6.07, 6.45) is 0. The summed E-state index contributed by atoms with van der Waals surface area (Å²) in [5.74, 6) is 0.772. The summed E-state index contributed by atoms with van der Waals surface area (Å²) in [5.41, 5.74) is 3.21. The number of pyridine rings is 1. The van der Waals surface area contributed by atoms with Gasteiger partial charge < -0.3 is 24.7 Å². The minimum Gasteiger partial charge on any atom is -0.497 e. The predicted molar refractivity (Wildman–Crippen MR) is 154 cm³/mol. The monoisotopic (exact) mass is 626 g/mol. The van der Waals surface area contributed by atoms with Gasteiger partial charge in [0.1, 0.15) is 39.9 Å². The van der Waals surface area contributed by atoms with E-state index in [1.165, 1.54) is 16.7 Å². The maximum Gasteiger partial charge on any atom is 0.259 e. The van der Waals surface area contributed by atoms with Gasteiger partial charge in [0.25, 0.3) is 5.91 Å². The molecule has 38 heavy (non-hydrogen) atoms. The largest absolute Gasteiger partial charge is 0.497 e. The fourth-order valence-corrected chi connectivity index (χ4v) is 4.28. The quantitative estimate of drug-likeness (QED) is 0.199. The van der Waals surface area contributed by atoms with Crippen LogP contribution in [0.2, 0.25) is 0 Å². The molecule has 0 spiro atoms. The molecule has 4 rings (SSSR count). The number of aryl methyl sites for hydroxylation is 1. The van der Waals surface area contributed by atoms with Crippen LogP contribution in [0.4, 0.5) is 15.9 Å².